The molecule has 0 saturated heterocycles. The highest BCUT2D eigenvalue weighted by Gasteiger charge is 2.24. The van der Waals surface area contributed by atoms with E-state index in [0.717, 1.165) is 16.3 Å². The quantitative estimate of drug-likeness (QED) is 0.215. The maximum atomic E-state index is 13.6. The van der Waals surface area contributed by atoms with Gasteiger partial charge in [0.05, 0.1) is 36.6 Å². The van der Waals surface area contributed by atoms with Gasteiger partial charge in [0, 0.05) is 12.1 Å². The molecular weight excluding hydrogens is 510 g/mol. The summed E-state index contributed by atoms with van der Waals surface area (Å²) in [5, 5.41) is 34.6. The van der Waals surface area contributed by atoms with Crippen LogP contribution in [0.3, 0.4) is 0 Å². The number of benzene rings is 4. The maximum absolute atomic E-state index is 13.6. The maximum Gasteiger partial charge on any atom is 0.329 e. The lowest BCUT2D eigenvalue weighted by atomic mass is 10.0. The predicted octanol–water partition coefficient (Wildman–Crippen LogP) is 3.30. The molecule has 0 aliphatic rings. The summed E-state index contributed by atoms with van der Waals surface area (Å²) in [5.41, 5.74) is 2.28. The van der Waals surface area contributed by atoms with Crippen LogP contribution in [-0.2, 0) is 17.9 Å². The number of hydrogen-bond acceptors (Lipinski definition) is 5. The fourth-order valence-electron chi connectivity index (χ4n) is 5.00. The zero-order valence-electron chi connectivity index (χ0n) is 21.6. The first kappa shape index (κ1) is 26.9. The van der Waals surface area contributed by atoms with E-state index in [1.54, 1.807) is 47.0 Å². The number of carbonyl (C=O) groups excluding carboxylic acids is 1. The number of rotatable bonds is 10. The predicted molar refractivity (Wildman–Crippen MR) is 151 cm³/mol. The summed E-state index contributed by atoms with van der Waals surface area (Å²) in [4.78, 5) is 38.1. The number of carboxylic acid groups (broad SMARTS) is 1. The van der Waals surface area contributed by atoms with Gasteiger partial charge in [0.2, 0.25) is 0 Å². The summed E-state index contributed by atoms with van der Waals surface area (Å²) in [5.74, 6) is -1.59. The van der Waals surface area contributed by atoms with Crippen LogP contribution >= 0.6 is 0 Å². The van der Waals surface area contributed by atoms with Gasteiger partial charge in [0.15, 0.2) is 0 Å². The van der Waals surface area contributed by atoms with Crippen LogP contribution < -0.4 is 11.0 Å². The van der Waals surface area contributed by atoms with Crippen LogP contribution in [0, 0.1) is 0 Å². The lowest BCUT2D eigenvalue weighted by molar-refractivity contribution is -0.137. The molecule has 9 nitrogen and oxygen atoms in total. The molecule has 1 amide bonds. The topological polar surface area (TPSA) is 134 Å². The van der Waals surface area contributed by atoms with Gasteiger partial charge in [-0.3, -0.25) is 18.7 Å². The van der Waals surface area contributed by atoms with Crippen LogP contribution in [0.4, 0.5) is 0 Å². The third-order valence-electron chi connectivity index (χ3n) is 7.07. The summed E-state index contributed by atoms with van der Waals surface area (Å²) in [6.07, 6.45) is -1.39. The lowest BCUT2D eigenvalue weighted by Crippen LogP contribution is -2.42. The molecule has 40 heavy (non-hydrogen) atoms. The number of aliphatic hydroxyl groups excluding tert-OH is 2. The number of aromatic nitrogens is 2. The van der Waals surface area contributed by atoms with Crippen molar-refractivity contribution in [3.05, 3.63) is 118 Å². The number of fused-ring (bicyclic) bond motifs is 2. The van der Waals surface area contributed by atoms with Crippen molar-refractivity contribution in [1.29, 1.82) is 0 Å². The van der Waals surface area contributed by atoms with Crippen LogP contribution in [0.25, 0.3) is 21.8 Å². The number of aryl methyl sites for hydroxylation is 1. The summed E-state index contributed by atoms with van der Waals surface area (Å²) in [6, 6.07) is 26.3. The Morgan fingerprint density at radius 2 is 1.57 bits per heavy atom. The SMILES string of the molecule is O=C(O)CCn1c(=O)n(Cc2cccc3ccccc23)c2ccc(C(=O)N[C@H](CO)[C@@H](O)c3ccccc3)cc21. The highest BCUT2D eigenvalue weighted by atomic mass is 16.4. The molecule has 1 heterocycles. The fraction of sp³-hybridized carbons (Fsp3) is 0.194. The van der Waals surface area contributed by atoms with Gasteiger partial charge in [-0.2, -0.15) is 0 Å². The number of nitrogens with one attached hydrogen (secondary N) is 1. The number of aliphatic carboxylic acids is 1. The minimum atomic E-state index is -1.13. The molecule has 0 unspecified atom stereocenters. The van der Waals surface area contributed by atoms with E-state index in [1.807, 2.05) is 42.5 Å². The molecule has 1 aromatic heterocycles. The van der Waals surface area contributed by atoms with Crippen molar-refractivity contribution in [3.8, 4) is 0 Å². The molecule has 5 rings (SSSR count). The molecule has 0 fully saturated rings. The Labute approximate surface area is 229 Å². The van der Waals surface area contributed by atoms with Crippen LogP contribution in [0.1, 0.15) is 34.0 Å². The van der Waals surface area contributed by atoms with E-state index in [4.69, 9.17) is 0 Å². The largest absolute Gasteiger partial charge is 0.481 e. The number of carboxylic acids is 1. The van der Waals surface area contributed by atoms with E-state index in [2.05, 4.69) is 5.32 Å². The zero-order valence-corrected chi connectivity index (χ0v) is 21.6. The van der Waals surface area contributed by atoms with Crippen LogP contribution in [-0.4, -0.2) is 49.0 Å². The number of hydrogen-bond donors (Lipinski definition) is 4. The Hall–Kier alpha value is -4.73. The summed E-state index contributed by atoms with van der Waals surface area (Å²) >= 11 is 0. The van der Waals surface area contributed by atoms with Gasteiger partial charge in [0.1, 0.15) is 6.10 Å². The number of aliphatic hydroxyl groups is 2. The second kappa shape index (κ2) is 11.6. The van der Waals surface area contributed by atoms with Crippen LogP contribution in [0.15, 0.2) is 95.8 Å². The molecular formula is C31H29N3O6. The van der Waals surface area contributed by atoms with Gasteiger partial charge < -0.3 is 20.6 Å². The highest BCUT2D eigenvalue weighted by Crippen LogP contribution is 2.23. The van der Waals surface area contributed by atoms with Crippen molar-refractivity contribution < 1.29 is 24.9 Å². The van der Waals surface area contributed by atoms with Gasteiger partial charge in [-0.1, -0.05) is 72.8 Å². The van der Waals surface area contributed by atoms with E-state index in [1.165, 1.54) is 10.6 Å². The van der Waals surface area contributed by atoms with Gasteiger partial charge in [-0.25, -0.2) is 4.79 Å². The Balaban J connectivity index is 1.51. The highest BCUT2D eigenvalue weighted by molar-refractivity contribution is 5.97. The standard InChI is InChI=1S/C31H29N3O6/c35-19-25(29(38)21-8-2-1-3-9-21)32-30(39)22-13-14-26-27(17-22)33(16-15-28(36)37)31(40)34(26)18-23-11-6-10-20-7-4-5-12-24(20)23/h1-14,17,25,29,35,38H,15-16,18-19H2,(H,32,39)(H,36,37)/t25-,29+/m1/s1. The molecule has 5 aromatic rings. The average molecular weight is 540 g/mol. The first-order valence-electron chi connectivity index (χ1n) is 12.9. The Kier molecular flexibility index (Phi) is 7.77. The normalized spacial score (nSPS) is 12.8. The Morgan fingerprint density at radius 3 is 2.33 bits per heavy atom. The van der Waals surface area contributed by atoms with Crippen molar-refractivity contribution in [3.63, 3.8) is 0 Å². The van der Waals surface area contributed by atoms with Crippen molar-refractivity contribution in [2.24, 2.45) is 0 Å². The number of imidazole rings is 1. The van der Waals surface area contributed by atoms with Gasteiger partial charge >= 0.3 is 11.7 Å². The summed E-state index contributed by atoms with van der Waals surface area (Å²) in [6.45, 7) is -0.294. The lowest BCUT2D eigenvalue weighted by Gasteiger charge is -2.22. The van der Waals surface area contributed by atoms with Crippen LogP contribution in [0.2, 0.25) is 0 Å². The molecule has 204 valence electrons. The molecule has 0 aliphatic heterocycles. The number of carbonyl (C=O) groups is 2. The van der Waals surface area contributed by atoms with Crippen molar-refractivity contribution in [1.82, 2.24) is 14.5 Å². The van der Waals surface area contributed by atoms with Gasteiger partial charge in [-0.05, 0) is 40.1 Å². The van der Waals surface area contributed by atoms with Gasteiger partial charge in [-0.15, -0.1) is 0 Å². The molecule has 0 spiro atoms. The van der Waals surface area contributed by atoms with E-state index in [-0.39, 0.29) is 30.8 Å². The van der Waals surface area contributed by atoms with Crippen molar-refractivity contribution >= 4 is 33.7 Å². The first-order valence-corrected chi connectivity index (χ1v) is 12.9. The first-order chi connectivity index (χ1) is 19.4. The zero-order chi connectivity index (χ0) is 28.2. The summed E-state index contributed by atoms with van der Waals surface area (Å²) in [7, 11) is 0. The van der Waals surface area contributed by atoms with Crippen molar-refractivity contribution in [2.45, 2.75) is 31.7 Å². The minimum Gasteiger partial charge on any atom is -0.481 e. The van der Waals surface area contributed by atoms with Gasteiger partial charge in [0.25, 0.3) is 5.91 Å². The summed E-state index contributed by atoms with van der Waals surface area (Å²) < 4.78 is 2.95. The number of nitrogens with zero attached hydrogens (tertiary/aromatic N) is 2. The monoisotopic (exact) mass is 539 g/mol. The minimum absolute atomic E-state index is 0.0652. The fourth-order valence-corrected chi connectivity index (χ4v) is 5.00. The molecule has 9 heteroatoms. The van der Waals surface area contributed by atoms with E-state index in [0.29, 0.717) is 16.6 Å². The molecule has 4 aromatic carbocycles. The van der Waals surface area contributed by atoms with Crippen LogP contribution in [0.5, 0.6) is 0 Å². The molecule has 0 aliphatic carbocycles. The molecule has 4 N–H and O–H groups in total. The second-order valence-electron chi connectivity index (χ2n) is 9.62. The van der Waals surface area contributed by atoms with E-state index in [9.17, 15) is 29.7 Å². The third-order valence-corrected chi connectivity index (χ3v) is 7.07. The molecule has 0 radical (unpaired) electrons. The Morgan fingerprint density at radius 1 is 0.850 bits per heavy atom. The van der Waals surface area contributed by atoms with Crippen molar-refractivity contribution in [2.75, 3.05) is 6.61 Å². The molecule has 0 saturated carbocycles. The average Bonchev–Trinajstić information content (AvgIpc) is 3.24. The van der Waals surface area contributed by atoms with E-state index < -0.39 is 30.6 Å². The molecule has 0 bridgehead atoms. The van der Waals surface area contributed by atoms with E-state index >= 15 is 0 Å². The number of amides is 1. The molecule has 2 atom stereocenters. The Bertz CT molecular complexity index is 1740. The smallest absolute Gasteiger partial charge is 0.329 e. The second-order valence-corrected chi connectivity index (χ2v) is 9.62. The third kappa shape index (κ3) is 5.38.